The second kappa shape index (κ2) is 5.36. The number of aromatic nitrogens is 3. The number of nitrogens with one attached hydrogen (secondary N) is 2. The van der Waals surface area contributed by atoms with Crippen molar-refractivity contribution in [1.29, 1.82) is 0 Å². The molecule has 1 aromatic heterocycles. The zero-order valence-corrected chi connectivity index (χ0v) is 8.30. The first-order valence-corrected chi connectivity index (χ1v) is 4.92. The molecule has 0 aliphatic heterocycles. The normalized spacial score (nSPS) is 10.4. The maximum atomic E-state index is 11.2. The van der Waals surface area contributed by atoms with Crippen molar-refractivity contribution >= 4 is 0 Å². The first-order chi connectivity index (χ1) is 6.74. The van der Waals surface area contributed by atoms with Crippen LogP contribution in [0.4, 0.5) is 0 Å². The number of hydrogen-bond donors (Lipinski definition) is 2. The summed E-state index contributed by atoms with van der Waals surface area (Å²) in [6.45, 7) is 2.13. The topological polar surface area (TPSA) is 78.6 Å². The molecule has 0 spiro atoms. The minimum atomic E-state index is -0.549. The van der Waals surface area contributed by atoms with Crippen molar-refractivity contribution in [3.63, 3.8) is 0 Å². The number of unbranched alkanes of at least 4 members (excludes halogenated alkanes) is 3. The average molecular weight is 197 g/mol. The molecule has 0 aliphatic carbocycles. The highest BCUT2D eigenvalue weighted by Gasteiger charge is 2.01. The van der Waals surface area contributed by atoms with E-state index in [0.29, 0.717) is 12.1 Å². The van der Waals surface area contributed by atoms with Crippen LogP contribution in [0.25, 0.3) is 0 Å². The predicted molar refractivity (Wildman–Crippen MR) is 53.3 cm³/mol. The van der Waals surface area contributed by atoms with Crippen LogP contribution in [0.3, 0.4) is 0 Å². The lowest BCUT2D eigenvalue weighted by Crippen LogP contribution is -2.27. The minimum absolute atomic E-state index is 0.370. The monoisotopic (exact) mass is 197 g/mol. The van der Waals surface area contributed by atoms with Crippen LogP contribution in [0.5, 0.6) is 0 Å². The zero-order valence-electron chi connectivity index (χ0n) is 8.30. The van der Waals surface area contributed by atoms with Gasteiger partial charge in [0.05, 0.1) is 0 Å². The lowest BCUT2D eigenvalue weighted by Gasteiger charge is -1.97. The first kappa shape index (κ1) is 10.7. The number of hydrogen-bond acceptors (Lipinski definition) is 3. The average Bonchev–Trinajstić information content (AvgIpc) is 2.15. The van der Waals surface area contributed by atoms with Crippen molar-refractivity contribution in [2.24, 2.45) is 0 Å². The van der Waals surface area contributed by atoms with Gasteiger partial charge in [-0.3, -0.25) is 9.78 Å². The van der Waals surface area contributed by atoms with Crippen LogP contribution in [0.15, 0.2) is 9.59 Å². The highest BCUT2D eigenvalue weighted by molar-refractivity contribution is 4.91. The molecule has 14 heavy (non-hydrogen) atoms. The van der Waals surface area contributed by atoms with E-state index in [4.69, 9.17) is 0 Å². The van der Waals surface area contributed by atoms with Crippen LogP contribution >= 0.6 is 0 Å². The van der Waals surface area contributed by atoms with E-state index in [-0.39, 0.29) is 5.56 Å². The molecular formula is C9H15N3O2. The molecule has 1 heterocycles. The van der Waals surface area contributed by atoms with Gasteiger partial charge in [0, 0.05) is 0 Å². The SMILES string of the molecule is CCCCCCc1n[nH]c(=O)[nH]c1=O. The Morgan fingerprint density at radius 3 is 2.64 bits per heavy atom. The van der Waals surface area contributed by atoms with Gasteiger partial charge < -0.3 is 0 Å². The van der Waals surface area contributed by atoms with Gasteiger partial charge in [0.1, 0.15) is 5.69 Å². The highest BCUT2D eigenvalue weighted by Crippen LogP contribution is 2.01. The Labute approximate surface area is 81.6 Å². The molecule has 0 aliphatic rings. The minimum Gasteiger partial charge on any atom is -0.271 e. The largest absolute Gasteiger partial charge is 0.342 e. The molecular weight excluding hydrogens is 182 g/mol. The molecule has 0 aromatic carbocycles. The third-order valence-electron chi connectivity index (χ3n) is 2.05. The summed E-state index contributed by atoms with van der Waals surface area (Å²) >= 11 is 0. The summed E-state index contributed by atoms with van der Waals surface area (Å²) < 4.78 is 0. The van der Waals surface area contributed by atoms with E-state index in [9.17, 15) is 9.59 Å². The van der Waals surface area contributed by atoms with Gasteiger partial charge in [-0.15, -0.1) is 0 Å². The number of rotatable bonds is 5. The number of nitrogens with zero attached hydrogens (tertiary/aromatic N) is 1. The molecule has 0 atom stereocenters. The highest BCUT2D eigenvalue weighted by atomic mass is 16.2. The van der Waals surface area contributed by atoms with Crippen LogP contribution in [0, 0.1) is 0 Å². The third kappa shape index (κ3) is 3.16. The van der Waals surface area contributed by atoms with E-state index in [1.54, 1.807) is 0 Å². The van der Waals surface area contributed by atoms with Crippen molar-refractivity contribution in [3.05, 3.63) is 26.5 Å². The lowest BCUT2D eigenvalue weighted by molar-refractivity contribution is 0.648. The number of H-pyrrole nitrogens is 2. The van der Waals surface area contributed by atoms with Gasteiger partial charge in [0.2, 0.25) is 0 Å². The molecule has 1 aromatic rings. The molecule has 0 saturated carbocycles. The van der Waals surface area contributed by atoms with Crippen LogP contribution in [0.2, 0.25) is 0 Å². The van der Waals surface area contributed by atoms with Crippen LogP contribution in [-0.2, 0) is 6.42 Å². The van der Waals surface area contributed by atoms with Gasteiger partial charge in [-0.05, 0) is 12.8 Å². The molecule has 78 valence electrons. The van der Waals surface area contributed by atoms with Gasteiger partial charge in [-0.2, -0.15) is 5.10 Å². The molecule has 0 fully saturated rings. The van der Waals surface area contributed by atoms with E-state index < -0.39 is 5.69 Å². The summed E-state index contributed by atoms with van der Waals surface area (Å²) in [6.07, 6.45) is 5.00. The molecule has 0 saturated heterocycles. The summed E-state index contributed by atoms with van der Waals surface area (Å²) in [6, 6.07) is 0. The van der Waals surface area contributed by atoms with Gasteiger partial charge in [0.15, 0.2) is 0 Å². The van der Waals surface area contributed by atoms with E-state index in [2.05, 4.69) is 22.1 Å². The predicted octanol–water partition coefficient (Wildman–Crippen LogP) is 0.581. The maximum Gasteiger partial charge on any atom is 0.342 e. The Kier molecular flexibility index (Phi) is 4.10. The van der Waals surface area contributed by atoms with Crippen molar-refractivity contribution < 1.29 is 0 Å². The summed E-state index contributed by atoms with van der Waals surface area (Å²) in [7, 11) is 0. The van der Waals surface area contributed by atoms with Crippen molar-refractivity contribution in [2.45, 2.75) is 39.0 Å². The molecule has 5 nitrogen and oxygen atoms in total. The Bertz CT molecular complexity index is 380. The van der Waals surface area contributed by atoms with Crippen LogP contribution < -0.4 is 11.2 Å². The van der Waals surface area contributed by atoms with E-state index in [1.165, 1.54) is 6.42 Å². The van der Waals surface area contributed by atoms with Crippen LogP contribution in [0.1, 0.15) is 38.3 Å². The Balaban J connectivity index is 2.51. The van der Waals surface area contributed by atoms with Gasteiger partial charge in [0.25, 0.3) is 5.56 Å². The smallest absolute Gasteiger partial charge is 0.271 e. The second-order valence-corrected chi connectivity index (χ2v) is 3.26. The zero-order chi connectivity index (χ0) is 10.4. The van der Waals surface area contributed by atoms with Gasteiger partial charge in [-0.25, -0.2) is 9.89 Å². The van der Waals surface area contributed by atoms with Crippen molar-refractivity contribution in [2.75, 3.05) is 0 Å². The van der Waals surface area contributed by atoms with E-state index in [0.717, 1.165) is 19.3 Å². The molecule has 5 heteroatoms. The first-order valence-electron chi connectivity index (χ1n) is 4.92. The van der Waals surface area contributed by atoms with Gasteiger partial charge >= 0.3 is 5.69 Å². The second-order valence-electron chi connectivity index (χ2n) is 3.26. The summed E-state index contributed by atoms with van der Waals surface area (Å²) in [5, 5.41) is 5.91. The molecule has 0 bridgehead atoms. The molecule has 0 unspecified atom stereocenters. The summed E-state index contributed by atoms with van der Waals surface area (Å²) in [4.78, 5) is 24.0. The van der Waals surface area contributed by atoms with E-state index in [1.807, 2.05) is 0 Å². The van der Waals surface area contributed by atoms with Crippen LogP contribution in [-0.4, -0.2) is 15.2 Å². The standard InChI is InChI=1S/C9H15N3O2/c1-2-3-4-5-6-7-8(13)10-9(14)12-11-7/h2-6H2,1H3,(H2,10,12,13,14). The molecule has 2 N–H and O–H groups in total. The number of aryl methyl sites for hydroxylation is 1. The van der Waals surface area contributed by atoms with Gasteiger partial charge in [-0.1, -0.05) is 26.2 Å². The van der Waals surface area contributed by atoms with Crippen molar-refractivity contribution in [3.8, 4) is 0 Å². The fraction of sp³-hybridized carbons (Fsp3) is 0.667. The molecule has 0 amide bonds. The fourth-order valence-corrected chi connectivity index (χ4v) is 1.26. The Morgan fingerprint density at radius 2 is 2.00 bits per heavy atom. The number of aromatic amines is 2. The maximum absolute atomic E-state index is 11.2. The Morgan fingerprint density at radius 1 is 1.21 bits per heavy atom. The summed E-state index contributed by atoms with van der Waals surface area (Å²) in [5.41, 5.74) is -0.502. The molecule has 1 rings (SSSR count). The molecule has 0 radical (unpaired) electrons. The third-order valence-corrected chi connectivity index (χ3v) is 2.05. The van der Waals surface area contributed by atoms with Crippen molar-refractivity contribution in [1.82, 2.24) is 15.2 Å². The summed E-state index contributed by atoms with van der Waals surface area (Å²) in [5.74, 6) is 0. The Hall–Kier alpha value is -1.39. The lowest BCUT2D eigenvalue weighted by atomic mass is 10.1. The fourth-order valence-electron chi connectivity index (χ4n) is 1.26. The quantitative estimate of drug-likeness (QED) is 0.678. The van der Waals surface area contributed by atoms with E-state index >= 15 is 0 Å².